The summed E-state index contributed by atoms with van der Waals surface area (Å²) in [5.41, 5.74) is 0. The molecule has 0 aliphatic carbocycles. The summed E-state index contributed by atoms with van der Waals surface area (Å²) < 4.78 is 44.5. The molecule has 2 atom stereocenters. The Labute approximate surface area is 127 Å². The second kappa shape index (κ2) is 6.73. The van der Waals surface area contributed by atoms with Gasteiger partial charge in [-0.1, -0.05) is 18.2 Å². The van der Waals surface area contributed by atoms with Crippen LogP contribution in [0.1, 0.15) is 12.8 Å². The summed E-state index contributed by atoms with van der Waals surface area (Å²) in [6.45, 7) is -0.202. The van der Waals surface area contributed by atoms with Crippen LogP contribution in [0.3, 0.4) is 0 Å². The third kappa shape index (κ3) is 3.94. The number of piperidine rings is 1. The molecule has 1 saturated heterocycles. The minimum atomic E-state index is -4.38. The second-order valence-electron chi connectivity index (χ2n) is 5.23. The highest BCUT2D eigenvalue weighted by Gasteiger charge is 2.48. The van der Waals surface area contributed by atoms with Crippen molar-refractivity contribution >= 4 is 6.09 Å². The van der Waals surface area contributed by atoms with E-state index in [1.165, 1.54) is 0 Å². The number of nitrogens with zero attached hydrogens (tertiary/aromatic N) is 1. The molecule has 1 aromatic carbocycles. The molecule has 1 fully saturated rings. The number of hydrogen-bond donors (Lipinski definition) is 0. The molecule has 1 aromatic rings. The first-order valence-corrected chi connectivity index (χ1v) is 6.94. The van der Waals surface area contributed by atoms with Crippen molar-refractivity contribution in [2.75, 3.05) is 13.1 Å². The van der Waals surface area contributed by atoms with Gasteiger partial charge in [-0.05, 0) is 24.5 Å². The molecule has 0 radical (unpaired) electrons. The standard InChI is InChI=1S/C16H16F3NO2/c1-2-6-12-9-10-20(11-14(12)16(17,18)19)15(21)22-13-7-4-3-5-8-13/h1,3-5,7-8,12,14H,6,9-11H2. The summed E-state index contributed by atoms with van der Waals surface area (Å²) >= 11 is 0. The van der Waals surface area contributed by atoms with Gasteiger partial charge < -0.3 is 9.64 Å². The predicted molar refractivity (Wildman–Crippen MR) is 75.1 cm³/mol. The Hall–Kier alpha value is -2.16. The molecule has 0 aromatic heterocycles. The van der Waals surface area contributed by atoms with Crippen LogP contribution < -0.4 is 4.74 Å². The Morgan fingerprint density at radius 2 is 2.05 bits per heavy atom. The predicted octanol–water partition coefficient (Wildman–Crippen LogP) is 3.71. The number of carbonyl (C=O) groups excluding carboxylic acids is 1. The number of terminal acetylenes is 1. The molecular weight excluding hydrogens is 295 g/mol. The van der Waals surface area contributed by atoms with Gasteiger partial charge in [0.2, 0.25) is 0 Å². The normalized spacial score (nSPS) is 22.0. The molecule has 6 heteroatoms. The molecule has 2 unspecified atom stereocenters. The quantitative estimate of drug-likeness (QED) is 0.779. The smallest absolute Gasteiger partial charge is 0.410 e. The van der Waals surface area contributed by atoms with E-state index in [4.69, 9.17) is 11.2 Å². The fourth-order valence-electron chi connectivity index (χ4n) is 2.59. The number of carbonyl (C=O) groups is 1. The molecule has 1 amide bonds. The summed E-state index contributed by atoms with van der Waals surface area (Å²) in [7, 11) is 0. The van der Waals surface area contributed by atoms with Crippen LogP contribution in [0.5, 0.6) is 5.75 Å². The van der Waals surface area contributed by atoms with Gasteiger partial charge in [0.25, 0.3) is 0 Å². The van der Waals surface area contributed by atoms with Crippen molar-refractivity contribution in [1.29, 1.82) is 0 Å². The van der Waals surface area contributed by atoms with Gasteiger partial charge in [-0.15, -0.1) is 12.3 Å². The number of hydrogen-bond acceptors (Lipinski definition) is 2. The number of ether oxygens (including phenoxy) is 1. The Bertz CT molecular complexity index is 551. The molecule has 22 heavy (non-hydrogen) atoms. The van der Waals surface area contributed by atoms with E-state index in [1.54, 1.807) is 30.3 Å². The molecule has 2 rings (SSSR count). The van der Waals surface area contributed by atoms with Crippen LogP contribution in [0, 0.1) is 24.2 Å². The minimum Gasteiger partial charge on any atom is -0.410 e. The van der Waals surface area contributed by atoms with E-state index in [9.17, 15) is 18.0 Å². The van der Waals surface area contributed by atoms with Crippen molar-refractivity contribution in [3.05, 3.63) is 30.3 Å². The minimum absolute atomic E-state index is 0.0613. The lowest BCUT2D eigenvalue weighted by Crippen LogP contribution is -2.49. The maximum atomic E-state index is 13.1. The number of likely N-dealkylation sites (tertiary alicyclic amines) is 1. The van der Waals surface area contributed by atoms with E-state index >= 15 is 0 Å². The third-order valence-electron chi connectivity index (χ3n) is 3.76. The molecule has 1 aliphatic heterocycles. The molecule has 0 spiro atoms. The van der Waals surface area contributed by atoms with Crippen LogP contribution in [0.4, 0.5) is 18.0 Å². The summed E-state index contributed by atoms with van der Waals surface area (Å²) in [6.07, 6.45) is 0.275. The van der Waals surface area contributed by atoms with Gasteiger partial charge in [0.15, 0.2) is 0 Å². The van der Waals surface area contributed by atoms with Gasteiger partial charge in [-0.2, -0.15) is 13.2 Å². The average molecular weight is 311 g/mol. The first kappa shape index (κ1) is 16.2. The van der Waals surface area contributed by atoms with Crippen molar-refractivity contribution in [3.8, 4) is 18.1 Å². The highest BCUT2D eigenvalue weighted by atomic mass is 19.4. The van der Waals surface area contributed by atoms with Crippen LogP contribution in [-0.2, 0) is 0 Å². The lowest BCUT2D eigenvalue weighted by Gasteiger charge is -2.38. The molecule has 3 nitrogen and oxygen atoms in total. The highest BCUT2D eigenvalue weighted by Crippen LogP contribution is 2.38. The van der Waals surface area contributed by atoms with E-state index in [0.717, 1.165) is 4.90 Å². The average Bonchev–Trinajstić information content (AvgIpc) is 2.48. The van der Waals surface area contributed by atoms with Crippen molar-refractivity contribution < 1.29 is 22.7 Å². The topological polar surface area (TPSA) is 29.5 Å². The molecular formula is C16H16F3NO2. The zero-order chi connectivity index (χ0) is 16.2. The highest BCUT2D eigenvalue weighted by molar-refractivity contribution is 5.70. The first-order chi connectivity index (χ1) is 10.4. The Balaban J connectivity index is 2.04. The van der Waals surface area contributed by atoms with E-state index in [-0.39, 0.29) is 19.4 Å². The molecule has 1 heterocycles. The fourth-order valence-corrected chi connectivity index (χ4v) is 2.59. The van der Waals surface area contributed by atoms with E-state index in [1.807, 2.05) is 0 Å². The van der Waals surface area contributed by atoms with Gasteiger partial charge in [-0.3, -0.25) is 0 Å². The maximum absolute atomic E-state index is 13.1. The largest absolute Gasteiger partial charge is 0.415 e. The second-order valence-corrected chi connectivity index (χ2v) is 5.23. The summed E-state index contributed by atoms with van der Waals surface area (Å²) in [4.78, 5) is 13.1. The van der Waals surface area contributed by atoms with Gasteiger partial charge in [0, 0.05) is 19.5 Å². The van der Waals surface area contributed by atoms with E-state index in [2.05, 4.69) is 5.92 Å². The van der Waals surface area contributed by atoms with Gasteiger partial charge in [0.1, 0.15) is 5.75 Å². The summed E-state index contributed by atoms with van der Waals surface area (Å²) in [5, 5.41) is 0. The lowest BCUT2D eigenvalue weighted by atomic mass is 9.83. The number of halogens is 3. The van der Waals surface area contributed by atoms with Gasteiger partial charge >= 0.3 is 12.3 Å². The van der Waals surface area contributed by atoms with Crippen molar-refractivity contribution in [2.24, 2.45) is 11.8 Å². The summed E-state index contributed by atoms with van der Waals surface area (Å²) in [5.74, 6) is 0.338. The number of benzene rings is 1. The zero-order valence-electron chi connectivity index (χ0n) is 11.8. The van der Waals surface area contributed by atoms with Gasteiger partial charge in [-0.25, -0.2) is 4.79 Å². The van der Waals surface area contributed by atoms with Crippen LogP contribution in [0.2, 0.25) is 0 Å². The third-order valence-corrected chi connectivity index (χ3v) is 3.76. The molecule has 0 bridgehead atoms. The molecule has 0 saturated carbocycles. The number of rotatable bonds is 2. The SMILES string of the molecule is C#CCC1CCN(C(=O)Oc2ccccc2)CC1C(F)(F)F. The van der Waals surface area contributed by atoms with Crippen LogP contribution >= 0.6 is 0 Å². The Morgan fingerprint density at radius 3 is 2.64 bits per heavy atom. The summed E-state index contributed by atoms with van der Waals surface area (Å²) in [6, 6.07) is 8.26. The zero-order valence-corrected chi connectivity index (χ0v) is 11.8. The Morgan fingerprint density at radius 1 is 1.36 bits per heavy atom. The molecule has 118 valence electrons. The lowest BCUT2D eigenvalue weighted by molar-refractivity contribution is -0.198. The number of amides is 1. The van der Waals surface area contributed by atoms with Crippen molar-refractivity contribution in [1.82, 2.24) is 4.90 Å². The first-order valence-electron chi connectivity index (χ1n) is 6.94. The molecule has 1 aliphatic rings. The Kier molecular flexibility index (Phi) is 4.96. The van der Waals surface area contributed by atoms with Crippen molar-refractivity contribution in [3.63, 3.8) is 0 Å². The fraction of sp³-hybridized carbons (Fsp3) is 0.438. The number of para-hydroxylation sites is 1. The monoisotopic (exact) mass is 311 g/mol. The van der Waals surface area contributed by atoms with Crippen molar-refractivity contribution in [2.45, 2.75) is 19.0 Å². The van der Waals surface area contributed by atoms with E-state index < -0.39 is 30.7 Å². The maximum Gasteiger partial charge on any atom is 0.415 e. The number of alkyl halides is 3. The van der Waals surface area contributed by atoms with E-state index in [0.29, 0.717) is 5.75 Å². The van der Waals surface area contributed by atoms with Crippen LogP contribution in [-0.4, -0.2) is 30.3 Å². The molecule has 0 N–H and O–H groups in total. The van der Waals surface area contributed by atoms with Crippen LogP contribution in [0.25, 0.3) is 0 Å². The van der Waals surface area contributed by atoms with Gasteiger partial charge in [0.05, 0.1) is 5.92 Å². The van der Waals surface area contributed by atoms with Crippen LogP contribution in [0.15, 0.2) is 30.3 Å².